The van der Waals surface area contributed by atoms with Gasteiger partial charge in [0.05, 0.1) is 0 Å². The number of carbonyl (C=O) groups is 1. The zero-order valence-electron chi connectivity index (χ0n) is 7.11. The van der Waals surface area contributed by atoms with Gasteiger partial charge in [-0.3, -0.25) is 4.79 Å². The average molecular weight is 209 g/mol. The number of carbonyl (C=O) groups excluding carboxylic acids is 1. The summed E-state index contributed by atoms with van der Waals surface area (Å²) in [6.07, 6.45) is 7.18. The van der Waals surface area contributed by atoms with Crippen LogP contribution in [-0.4, -0.2) is 10.1 Å². The number of hydrogen-bond acceptors (Lipinski definition) is 1. The maximum Gasteiger partial charge on any atom is 0.242 e. The van der Waals surface area contributed by atoms with Crippen molar-refractivity contribution in [3.63, 3.8) is 0 Å². The first-order chi connectivity index (χ1) is 5.65. The van der Waals surface area contributed by atoms with E-state index in [0.29, 0.717) is 0 Å². The van der Waals surface area contributed by atoms with Gasteiger partial charge in [0.15, 0.2) is 0 Å². The van der Waals surface area contributed by atoms with Crippen molar-refractivity contribution in [2.45, 2.75) is 49.8 Å². The Kier molecular flexibility index (Phi) is 3.85. The van der Waals surface area contributed by atoms with Gasteiger partial charge in [-0.15, -0.1) is 11.6 Å². The molecule has 1 aliphatic rings. The topological polar surface area (TPSA) is 17.1 Å². The number of halogens is 2. The predicted octanol–water partition coefficient (Wildman–Crippen LogP) is 3.47. The molecule has 0 heterocycles. The van der Waals surface area contributed by atoms with Gasteiger partial charge in [0, 0.05) is 0 Å². The average Bonchev–Trinajstić information content (AvgIpc) is 1.97. The molecule has 0 bridgehead atoms. The highest BCUT2D eigenvalue weighted by molar-refractivity contribution is 6.70. The lowest BCUT2D eigenvalue weighted by Crippen LogP contribution is -2.29. The van der Waals surface area contributed by atoms with Gasteiger partial charge in [-0.25, -0.2) is 0 Å². The quantitative estimate of drug-likeness (QED) is 0.477. The van der Waals surface area contributed by atoms with Crippen LogP contribution in [0, 0.1) is 0 Å². The fraction of sp³-hybridized carbons (Fsp3) is 0.889. The van der Waals surface area contributed by atoms with E-state index in [0.717, 1.165) is 25.7 Å². The molecule has 1 rings (SSSR count). The Morgan fingerprint density at radius 2 is 1.42 bits per heavy atom. The van der Waals surface area contributed by atoms with E-state index in [9.17, 15) is 4.79 Å². The van der Waals surface area contributed by atoms with Crippen LogP contribution in [0.1, 0.15) is 44.9 Å². The molecule has 0 atom stereocenters. The Bertz CT molecular complexity index is 160. The van der Waals surface area contributed by atoms with Gasteiger partial charge in [0.2, 0.25) is 5.24 Å². The third kappa shape index (κ3) is 2.63. The molecular formula is C9H14Cl2O. The molecule has 12 heavy (non-hydrogen) atoms. The molecule has 0 radical (unpaired) electrons. The maximum absolute atomic E-state index is 11.0. The van der Waals surface area contributed by atoms with Crippen molar-refractivity contribution in [2.75, 3.05) is 0 Å². The van der Waals surface area contributed by atoms with Crippen molar-refractivity contribution >= 4 is 28.4 Å². The zero-order valence-corrected chi connectivity index (χ0v) is 8.63. The maximum atomic E-state index is 11.0. The van der Waals surface area contributed by atoms with Gasteiger partial charge in [0.25, 0.3) is 0 Å². The summed E-state index contributed by atoms with van der Waals surface area (Å²) < 4.78 is 0. The highest BCUT2D eigenvalue weighted by atomic mass is 35.5. The first-order valence-corrected chi connectivity index (χ1v) is 5.30. The van der Waals surface area contributed by atoms with Crippen molar-refractivity contribution in [2.24, 2.45) is 0 Å². The van der Waals surface area contributed by atoms with E-state index in [1.54, 1.807) is 0 Å². The first kappa shape index (κ1) is 10.3. The molecule has 3 heteroatoms. The molecule has 0 aromatic rings. The molecule has 1 fully saturated rings. The smallest absolute Gasteiger partial charge is 0.242 e. The van der Waals surface area contributed by atoms with Crippen LogP contribution < -0.4 is 0 Å². The van der Waals surface area contributed by atoms with Gasteiger partial charge in [0.1, 0.15) is 4.87 Å². The Hall–Kier alpha value is 0.250. The van der Waals surface area contributed by atoms with Crippen LogP contribution in [0.4, 0.5) is 0 Å². The molecule has 0 aliphatic heterocycles. The molecule has 1 nitrogen and oxygen atoms in total. The summed E-state index contributed by atoms with van der Waals surface area (Å²) in [4.78, 5) is 10.3. The van der Waals surface area contributed by atoms with Gasteiger partial charge < -0.3 is 0 Å². The van der Waals surface area contributed by atoms with E-state index < -0.39 is 4.87 Å². The number of alkyl halides is 1. The van der Waals surface area contributed by atoms with Crippen LogP contribution in [0.2, 0.25) is 0 Å². The SMILES string of the molecule is O=C(Cl)C1(Cl)CCCCCCC1. The second kappa shape index (κ2) is 4.48. The summed E-state index contributed by atoms with van der Waals surface area (Å²) in [6.45, 7) is 0. The van der Waals surface area contributed by atoms with Gasteiger partial charge in [-0.2, -0.15) is 0 Å². The summed E-state index contributed by atoms with van der Waals surface area (Å²) >= 11 is 11.6. The van der Waals surface area contributed by atoms with E-state index in [1.165, 1.54) is 19.3 Å². The minimum absolute atomic E-state index is 0.369. The van der Waals surface area contributed by atoms with Crippen molar-refractivity contribution in [1.29, 1.82) is 0 Å². The summed E-state index contributed by atoms with van der Waals surface area (Å²) in [6, 6.07) is 0. The van der Waals surface area contributed by atoms with Crippen LogP contribution in [0.5, 0.6) is 0 Å². The Morgan fingerprint density at radius 3 is 1.83 bits per heavy atom. The summed E-state index contributed by atoms with van der Waals surface area (Å²) in [5.74, 6) is 0. The fourth-order valence-electron chi connectivity index (χ4n) is 1.66. The van der Waals surface area contributed by atoms with Crippen LogP contribution in [0.15, 0.2) is 0 Å². The van der Waals surface area contributed by atoms with Crippen molar-refractivity contribution < 1.29 is 4.79 Å². The molecular weight excluding hydrogens is 195 g/mol. The largest absolute Gasteiger partial charge is 0.279 e. The molecule has 1 saturated carbocycles. The minimum atomic E-state index is -0.748. The van der Waals surface area contributed by atoms with Gasteiger partial charge in [-0.1, -0.05) is 32.1 Å². The summed E-state index contributed by atoms with van der Waals surface area (Å²) in [5.41, 5.74) is 0. The first-order valence-electron chi connectivity index (χ1n) is 4.54. The van der Waals surface area contributed by atoms with E-state index >= 15 is 0 Å². The molecule has 0 saturated heterocycles. The van der Waals surface area contributed by atoms with E-state index in [2.05, 4.69) is 0 Å². The molecule has 0 unspecified atom stereocenters. The molecule has 0 N–H and O–H groups in total. The van der Waals surface area contributed by atoms with Gasteiger partial charge in [-0.05, 0) is 24.4 Å². The van der Waals surface area contributed by atoms with Crippen LogP contribution >= 0.6 is 23.2 Å². The van der Waals surface area contributed by atoms with Crippen LogP contribution in [0.3, 0.4) is 0 Å². The summed E-state index contributed by atoms with van der Waals surface area (Å²) in [7, 11) is 0. The lowest BCUT2D eigenvalue weighted by molar-refractivity contribution is -0.114. The highest BCUT2D eigenvalue weighted by Gasteiger charge is 2.34. The summed E-state index contributed by atoms with van der Waals surface area (Å²) in [5, 5.41) is -0.369. The van der Waals surface area contributed by atoms with Crippen molar-refractivity contribution in [1.82, 2.24) is 0 Å². The van der Waals surface area contributed by atoms with Gasteiger partial charge >= 0.3 is 0 Å². The molecule has 70 valence electrons. The second-order valence-electron chi connectivity index (χ2n) is 3.51. The Morgan fingerprint density at radius 1 is 1.00 bits per heavy atom. The molecule has 1 aliphatic carbocycles. The van der Waals surface area contributed by atoms with Crippen molar-refractivity contribution in [3.05, 3.63) is 0 Å². The monoisotopic (exact) mass is 208 g/mol. The number of hydrogen-bond donors (Lipinski definition) is 0. The molecule has 0 aromatic carbocycles. The second-order valence-corrected chi connectivity index (χ2v) is 4.57. The van der Waals surface area contributed by atoms with Crippen LogP contribution in [0.25, 0.3) is 0 Å². The van der Waals surface area contributed by atoms with E-state index in [4.69, 9.17) is 23.2 Å². The Labute approximate surface area is 83.4 Å². The standard InChI is InChI=1S/C9H14Cl2O/c10-8(12)9(11)6-4-2-1-3-5-7-9/h1-7H2. The molecule has 0 aromatic heterocycles. The Balaban J connectivity index is 2.54. The van der Waals surface area contributed by atoms with Crippen molar-refractivity contribution in [3.8, 4) is 0 Å². The lowest BCUT2D eigenvalue weighted by Gasteiger charge is -2.24. The normalized spacial score (nSPS) is 24.2. The van der Waals surface area contributed by atoms with E-state index in [-0.39, 0.29) is 5.24 Å². The third-order valence-corrected chi connectivity index (χ3v) is 3.51. The van der Waals surface area contributed by atoms with Crippen LogP contribution in [-0.2, 0) is 4.79 Å². The minimum Gasteiger partial charge on any atom is -0.279 e. The van der Waals surface area contributed by atoms with E-state index in [1.807, 2.05) is 0 Å². The third-order valence-electron chi connectivity index (χ3n) is 2.50. The lowest BCUT2D eigenvalue weighted by atomic mass is 9.91. The molecule has 0 amide bonds. The highest BCUT2D eigenvalue weighted by Crippen LogP contribution is 2.33. The fourth-order valence-corrected chi connectivity index (χ4v) is 2.12. The molecule has 0 spiro atoms. The zero-order chi connectivity index (χ0) is 9.03. The predicted molar refractivity (Wildman–Crippen MR) is 51.8 cm³/mol. The number of rotatable bonds is 1.